The van der Waals surface area contributed by atoms with Gasteiger partial charge in [-0.05, 0) is 6.07 Å². The lowest BCUT2D eigenvalue weighted by Crippen LogP contribution is -2.20. The Labute approximate surface area is 106 Å². The number of aldehydes is 1. The van der Waals surface area contributed by atoms with Gasteiger partial charge >= 0.3 is 6.36 Å². The zero-order chi connectivity index (χ0) is 13.9. The highest BCUT2D eigenvalue weighted by Crippen LogP contribution is 2.34. The van der Waals surface area contributed by atoms with Crippen molar-refractivity contribution in [2.45, 2.75) is 18.1 Å². The van der Waals surface area contributed by atoms with Gasteiger partial charge in [-0.15, -0.1) is 13.2 Å². The summed E-state index contributed by atoms with van der Waals surface area (Å²) in [6.45, 7) is 0. The van der Waals surface area contributed by atoms with E-state index in [4.69, 9.17) is 0 Å². The average molecular weight is 334 g/mol. The first-order valence-corrected chi connectivity index (χ1v) is 5.49. The maximum absolute atomic E-state index is 12.6. The molecule has 1 aromatic heterocycles. The van der Waals surface area contributed by atoms with Crippen LogP contribution in [-0.4, -0.2) is 17.6 Å². The molecule has 0 N–H and O–H groups in total. The smallest absolute Gasteiger partial charge is 0.387 e. The fraction of sp³-hybridized carbons (Fsp3) is 0.333. The van der Waals surface area contributed by atoms with E-state index in [1.54, 1.807) is 0 Å². The third-order valence-corrected chi connectivity index (χ3v) is 2.38. The third-order valence-electron chi connectivity index (χ3n) is 1.80. The molecule has 0 fully saturated rings. The van der Waals surface area contributed by atoms with Gasteiger partial charge in [0.1, 0.15) is 0 Å². The molecular formula is C9H5BrF5NO2. The molecule has 3 nitrogen and oxygen atoms in total. The van der Waals surface area contributed by atoms with E-state index in [-0.39, 0.29) is 17.3 Å². The van der Waals surface area contributed by atoms with Gasteiger partial charge in [-0.3, -0.25) is 4.79 Å². The number of hydrogen-bond acceptors (Lipinski definition) is 3. The molecule has 0 aromatic carbocycles. The quantitative estimate of drug-likeness (QED) is 0.480. The number of nitrogens with zero attached hydrogens (tertiary/aromatic N) is 1. The SMILES string of the molecule is O=Cc1cc(CBr)nc(OC(F)(F)F)c1C(F)F. The summed E-state index contributed by atoms with van der Waals surface area (Å²) < 4.78 is 64.8. The van der Waals surface area contributed by atoms with Gasteiger partial charge in [0.25, 0.3) is 6.43 Å². The normalized spacial score (nSPS) is 11.7. The van der Waals surface area contributed by atoms with Crippen molar-refractivity contribution in [3.63, 3.8) is 0 Å². The second-order valence-electron chi connectivity index (χ2n) is 3.02. The largest absolute Gasteiger partial charge is 0.574 e. The van der Waals surface area contributed by atoms with Crippen molar-refractivity contribution in [3.8, 4) is 5.88 Å². The minimum atomic E-state index is -5.16. The first-order chi connectivity index (χ1) is 8.28. The van der Waals surface area contributed by atoms with Crippen LogP contribution in [0.1, 0.15) is 28.0 Å². The Balaban J connectivity index is 3.39. The van der Waals surface area contributed by atoms with Gasteiger partial charge in [0.05, 0.1) is 11.3 Å². The number of ether oxygens (including phenoxy) is 1. The fourth-order valence-electron chi connectivity index (χ4n) is 1.18. The van der Waals surface area contributed by atoms with Crippen LogP contribution in [0.25, 0.3) is 0 Å². The van der Waals surface area contributed by atoms with Crippen LogP contribution >= 0.6 is 15.9 Å². The van der Waals surface area contributed by atoms with Gasteiger partial charge in [-0.25, -0.2) is 13.8 Å². The molecule has 0 radical (unpaired) electrons. The number of rotatable bonds is 4. The van der Waals surface area contributed by atoms with Crippen LogP contribution in [0.3, 0.4) is 0 Å². The molecular weight excluding hydrogens is 329 g/mol. The standard InChI is InChI=1S/C9H5BrF5NO2/c10-2-5-1-4(3-17)6(7(11)12)8(16-5)18-9(13,14)15/h1,3,7H,2H2. The van der Waals surface area contributed by atoms with Gasteiger partial charge in [-0.2, -0.15) is 0 Å². The lowest BCUT2D eigenvalue weighted by molar-refractivity contribution is -0.276. The first kappa shape index (κ1) is 14.8. The van der Waals surface area contributed by atoms with Gasteiger partial charge in [0.15, 0.2) is 6.29 Å². The van der Waals surface area contributed by atoms with Crippen molar-refractivity contribution in [2.24, 2.45) is 0 Å². The Hall–Kier alpha value is -1.25. The van der Waals surface area contributed by atoms with Crippen LogP contribution in [0, 0.1) is 0 Å². The molecule has 0 bridgehead atoms. The Morgan fingerprint density at radius 1 is 1.44 bits per heavy atom. The highest BCUT2D eigenvalue weighted by atomic mass is 79.9. The molecule has 1 heterocycles. The lowest BCUT2D eigenvalue weighted by atomic mass is 10.1. The topological polar surface area (TPSA) is 39.2 Å². The second-order valence-corrected chi connectivity index (χ2v) is 3.58. The summed E-state index contributed by atoms with van der Waals surface area (Å²) in [6.07, 6.45) is -8.44. The van der Waals surface area contributed by atoms with E-state index in [1.807, 2.05) is 0 Å². The van der Waals surface area contributed by atoms with E-state index in [9.17, 15) is 26.7 Å². The predicted octanol–water partition coefficient (Wildman–Crippen LogP) is 3.63. The van der Waals surface area contributed by atoms with Crippen molar-refractivity contribution in [2.75, 3.05) is 0 Å². The Bertz CT molecular complexity index is 449. The summed E-state index contributed by atoms with van der Waals surface area (Å²) >= 11 is 2.89. The predicted molar refractivity (Wildman–Crippen MR) is 53.9 cm³/mol. The number of halogens is 6. The molecule has 0 aliphatic carbocycles. The van der Waals surface area contributed by atoms with Crippen molar-refractivity contribution < 1.29 is 31.5 Å². The summed E-state index contributed by atoms with van der Waals surface area (Å²) in [6, 6.07) is 0.965. The molecule has 18 heavy (non-hydrogen) atoms. The molecule has 0 saturated carbocycles. The van der Waals surface area contributed by atoms with Crippen molar-refractivity contribution >= 4 is 22.2 Å². The molecule has 0 atom stereocenters. The van der Waals surface area contributed by atoms with E-state index in [0.29, 0.717) is 0 Å². The van der Waals surface area contributed by atoms with Gasteiger partial charge in [-0.1, -0.05) is 15.9 Å². The molecule has 0 aliphatic rings. The van der Waals surface area contributed by atoms with E-state index < -0.39 is 29.8 Å². The molecule has 0 aliphatic heterocycles. The summed E-state index contributed by atoms with van der Waals surface area (Å²) in [5.41, 5.74) is -1.79. The molecule has 0 amide bonds. The summed E-state index contributed by atoms with van der Waals surface area (Å²) in [4.78, 5) is 13.9. The van der Waals surface area contributed by atoms with Crippen molar-refractivity contribution in [3.05, 3.63) is 22.9 Å². The lowest BCUT2D eigenvalue weighted by Gasteiger charge is -2.14. The minimum absolute atomic E-state index is 0.00836. The van der Waals surface area contributed by atoms with E-state index >= 15 is 0 Å². The van der Waals surface area contributed by atoms with Crippen LogP contribution in [0.4, 0.5) is 22.0 Å². The van der Waals surface area contributed by atoms with E-state index in [0.717, 1.165) is 6.07 Å². The van der Waals surface area contributed by atoms with Crippen molar-refractivity contribution in [1.29, 1.82) is 0 Å². The van der Waals surface area contributed by atoms with Crippen LogP contribution < -0.4 is 4.74 Å². The van der Waals surface area contributed by atoms with Crippen LogP contribution in [0.5, 0.6) is 5.88 Å². The van der Waals surface area contributed by atoms with Crippen LogP contribution in [-0.2, 0) is 5.33 Å². The summed E-state index contributed by atoms with van der Waals surface area (Å²) in [5, 5.41) is -0.00836. The maximum atomic E-state index is 12.6. The molecule has 0 saturated heterocycles. The zero-order valence-corrected chi connectivity index (χ0v) is 10.1. The number of pyridine rings is 1. The average Bonchev–Trinajstić information content (AvgIpc) is 2.25. The highest BCUT2D eigenvalue weighted by molar-refractivity contribution is 9.08. The zero-order valence-electron chi connectivity index (χ0n) is 8.47. The number of carbonyl (C=O) groups excluding carboxylic acids is 1. The summed E-state index contributed by atoms with van der Waals surface area (Å²) in [7, 11) is 0. The van der Waals surface area contributed by atoms with Crippen molar-refractivity contribution in [1.82, 2.24) is 4.98 Å². The number of carbonyl (C=O) groups is 1. The second kappa shape index (κ2) is 5.59. The molecule has 100 valence electrons. The van der Waals surface area contributed by atoms with Crippen LogP contribution in [0.15, 0.2) is 6.07 Å². The highest BCUT2D eigenvalue weighted by Gasteiger charge is 2.35. The minimum Gasteiger partial charge on any atom is -0.387 e. The molecule has 9 heteroatoms. The third kappa shape index (κ3) is 3.62. The molecule has 1 rings (SSSR count). The first-order valence-electron chi connectivity index (χ1n) is 4.37. The summed E-state index contributed by atoms with van der Waals surface area (Å²) in [5.74, 6) is -1.31. The van der Waals surface area contributed by atoms with E-state index in [2.05, 4.69) is 25.7 Å². The maximum Gasteiger partial charge on any atom is 0.574 e. The Kier molecular flexibility index (Phi) is 4.60. The molecule has 0 unspecified atom stereocenters. The number of aromatic nitrogens is 1. The van der Waals surface area contributed by atoms with Crippen LogP contribution in [0.2, 0.25) is 0 Å². The van der Waals surface area contributed by atoms with Gasteiger partial charge in [0.2, 0.25) is 5.88 Å². The fourth-order valence-corrected chi connectivity index (χ4v) is 1.46. The Morgan fingerprint density at radius 3 is 2.44 bits per heavy atom. The molecule has 1 aromatic rings. The van der Waals surface area contributed by atoms with Gasteiger partial charge < -0.3 is 4.74 Å². The molecule has 0 spiro atoms. The van der Waals surface area contributed by atoms with E-state index in [1.165, 1.54) is 0 Å². The monoisotopic (exact) mass is 333 g/mol. The Morgan fingerprint density at radius 2 is 2.06 bits per heavy atom. The van der Waals surface area contributed by atoms with Gasteiger partial charge in [0, 0.05) is 10.9 Å². The number of alkyl halides is 6. The number of hydrogen-bond donors (Lipinski definition) is 0.